The third-order valence-electron chi connectivity index (χ3n) is 3.30. The highest BCUT2D eigenvalue weighted by Gasteiger charge is 2.16. The van der Waals surface area contributed by atoms with Crippen molar-refractivity contribution in [3.63, 3.8) is 0 Å². The van der Waals surface area contributed by atoms with Crippen LogP contribution in [0.3, 0.4) is 0 Å². The van der Waals surface area contributed by atoms with E-state index in [-0.39, 0.29) is 11.8 Å². The number of nitrogens with zero attached hydrogens (tertiary/aromatic N) is 1. The lowest BCUT2D eigenvalue weighted by Gasteiger charge is -2.14. The molecule has 1 N–H and O–H groups in total. The summed E-state index contributed by atoms with van der Waals surface area (Å²) in [6.07, 6.45) is 0.317. The van der Waals surface area contributed by atoms with Crippen LogP contribution in [0.2, 0.25) is 0 Å². The highest BCUT2D eigenvalue weighted by molar-refractivity contribution is 7.15. The Morgan fingerprint density at radius 3 is 2.45 bits per heavy atom. The predicted molar refractivity (Wildman–Crippen MR) is 88.3 cm³/mol. The van der Waals surface area contributed by atoms with E-state index < -0.39 is 0 Å². The molecule has 0 aromatic carbocycles. The van der Waals surface area contributed by atoms with Gasteiger partial charge in [-0.1, -0.05) is 6.92 Å². The SMILES string of the molecule is CCOC(OCC)c1ccc(-c2nc(C)c(CC)c(=O)[nH]2)s1. The van der Waals surface area contributed by atoms with Crippen LogP contribution in [-0.2, 0) is 15.9 Å². The summed E-state index contributed by atoms with van der Waals surface area (Å²) in [5.41, 5.74) is 1.45. The average Bonchev–Trinajstić information content (AvgIpc) is 2.96. The van der Waals surface area contributed by atoms with E-state index in [1.54, 1.807) is 0 Å². The quantitative estimate of drug-likeness (QED) is 0.793. The molecule has 0 saturated heterocycles. The number of aryl methyl sites for hydroxylation is 1. The molecule has 6 heteroatoms. The number of hydrogen-bond donors (Lipinski definition) is 1. The number of aromatic amines is 1. The van der Waals surface area contributed by atoms with Crippen LogP contribution in [0.4, 0.5) is 0 Å². The topological polar surface area (TPSA) is 64.2 Å². The number of aromatic nitrogens is 2. The molecule has 0 saturated carbocycles. The van der Waals surface area contributed by atoms with Crippen molar-refractivity contribution in [3.05, 3.63) is 38.6 Å². The van der Waals surface area contributed by atoms with E-state index in [1.165, 1.54) is 11.3 Å². The van der Waals surface area contributed by atoms with E-state index in [0.29, 0.717) is 25.5 Å². The second kappa shape index (κ2) is 7.67. The number of rotatable bonds is 7. The number of thiophene rings is 1. The van der Waals surface area contributed by atoms with Crippen molar-refractivity contribution in [2.24, 2.45) is 0 Å². The molecule has 120 valence electrons. The Kier molecular flexibility index (Phi) is 5.88. The van der Waals surface area contributed by atoms with E-state index in [2.05, 4.69) is 9.97 Å². The Hall–Kier alpha value is -1.50. The smallest absolute Gasteiger partial charge is 0.254 e. The fourth-order valence-electron chi connectivity index (χ4n) is 2.27. The van der Waals surface area contributed by atoms with Gasteiger partial charge in [0, 0.05) is 24.5 Å². The Morgan fingerprint density at radius 1 is 1.23 bits per heavy atom. The highest BCUT2D eigenvalue weighted by atomic mass is 32.1. The summed E-state index contributed by atoms with van der Waals surface area (Å²) in [6, 6.07) is 3.90. The van der Waals surface area contributed by atoms with Gasteiger partial charge in [-0.3, -0.25) is 4.79 Å². The predicted octanol–water partition coefficient (Wildman–Crippen LogP) is 3.44. The molecule has 5 nitrogen and oxygen atoms in total. The van der Waals surface area contributed by atoms with Crippen molar-refractivity contribution in [1.29, 1.82) is 0 Å². The second-order valence-corrected chi connectivity index (χ2v) is 5.89. The van der Waals surface area contributed by atoms with Gasteiger partial charge in [-0.2, -0.15) is 0 Å². The van der Waals surface area contributed by atoms with Crippen LogP contribution in [0, 0.1) is 6.92 Å². The monoisotopic (exact) mass is 322 g/mol. The summed E-state index contributed by atoms with van der Waals surface area (Å²) in [5, 5.41) is 0. The maximum absolute atomic E-state index is 12.1. The molecule has 0 spiro atoms. The first-order valence-electron chi connectivity index (χ1n) is 7.53. The summed E-state index contributed by atoms with van der Waals surface area (Å²) in [6.45, 7) is 8.86. The van der Waals surface area contributed by atoms with Crippen LogP contribution < -0.4 is 5.56 Å². The van der Waals surface area contributed by atoms with Crippen LogP contribution in [0.1, 0.15) is 43.2 Å². The van der Waals surface area contributed by atoms with Crippen LogP contribution in [-0.4, -0.2) is 23.2 Å². The number of hydrogen-bond acceptors (Lipinski definition) is 5. The van der Waals surface area contributed by atoms with Crippen molar-refractivity contribution in [3.8, 4) is 10.7 Å². The van der Waals surface area contributed by atoms with E-state index >= 15 is 0 Å². The molecule has 2 aromatic rings. The zero-order valence-electron chi connectivity index (χ0n) is 13.4. The van der Waals surface area contributed by atoms with Gasteiger partial charge in [-0.15, -0.1) is 11.3 Å². The highest BCUT2D eigenvalue weighted by Crippen LogP contribution is 2.31. The van der Waals surface area contributed by atoms with E-state index in [0.717, 1.165) is 21.0 Å². The van der Waals surface area contributed by atoms with E-state index in [1.807, 2.05) is 39.8 Å². The van der Waals surface area contributed by atoms with Gasteiger partial charge < -0.3 is 14.5 Å². The molecule has 2 rings (SSSR count). The molecular weight excluding hydrogens is 300 g/mol. The Morgan fingerprint density at radius 2 is 1.91 bits per heavy atom. The molecule has 2 aromatic heterocycles. The first-order chi connectivity index (χ1) is 10.6. The Balaban J connectivity index is 2.33. The van der Waals surface area contributed by atoms with Gasteiger partial charge in [0.2, 0.25) is 0 Å². The zero-order chi connectivity index (χ0) is 16.1. The van der Waals surface area contributed by atoms with Crippen LogP contribution >= 0.6 is 11.3 Å². The molecule has 0 aliphatic rings. The summed E-state index contributed by atoms with van der Waals surface area (Å²) in [5.74, 6) is 0.600. The lowest BCUT2D eigenvalue weighted by molar-refractivity contribution is -0.138. The standard InChI is InChI=1S/C16H22N2O3S/c1-5-11-10(4)17-14(18-15(11)19)12-8-9-13(22-12)16(20-6-2)21-7-3/h8-9,16H,5-7H2,1-4H3,(H,17,18,19). The lowest BCUT2D eigenvalue weighted by atomic mass is 10.2. The molecule has 0 aliphatic carbocycles. The van der Waals surface area contributed by atoms with Crippen molar-refractivity contribution in [2.75, 3.05) is 13.2 Å². The van der Waals surface area contributed by atoms with Crippen molar-refractivity contribution in [2.45, 2.75) is 40.4 Å². The fourth-order valence-corrected chi connectivity index (χ4v) is 3.22. The lowest BCUT2D eigenvalue weighted by Crippen LogP contribution is -2.16. The normalized spacial score (nSPS) is 11.3. The molecule has 0 bridgehead atoms. The Labute approximate surface area is 134 Å². The largest absolute Gasteiger partial charge is 0.348 e. The summed E-state index contributed by atoms with van der Waals surface area (Å²) in [7, 11) is 0. The fraction of sp³-hybridized carbons (Fsp3) is 0.500. The molecule has 0 atom stereocenters. The minimum absolute atomic E-state index is 0.0638. The van der Waals surface area contributed by atoms with Crippen LogP contribution in [0.5, 0.6) is 0 Å². The number of nitrogens with one attached hydrogen (secondary N) is 1. The van der Waals surface area contributed by atoms with Crippen LogP contribution in [0.25, 0.3) is 10.7 Å². The van der Waals surface area contributed by atoms with Gasteiger partial charge in [-0.05, 0) is 39.3 Å². The molecule has 22 heavy (non-hydrogen) atoms. The first-order valence-corrected chi connectivity index (χ1v) is 8.35. The van der Waals surface area contributed by atoms with Crippen LogP contribution in [0.15, 0.2) is 16.9 Å². The molecule has 0 unspecified atom stereocenters. The minimum Gasteiger partial charge on any atom is -0.348 e. The van der Waals surface area contributed by atoms with Crippen molar-refractivity contribution in [1.82, 2.24) is 9.97 Å². The third kappa shape index (κ3) is 3.63. The minimum atomic E-state index is -0.364. The van der Waals surface area contributed by atoms with Gasteiger partial charge in [0.15, 0.2) is 12.1 Å². The molecule has 0 radical (unpaired) electrons. The average molecular weight is 322 g/mol. The van der Waals surface area contributed by atoms with E-state index in [9.17, 15) is 4.79 Å². The van der Waals surface area contributed by atoms with Gasteiger partial charge >= 0.3 is 0 Å². The second-order valence-electron chi connectivity index (χ2n) is 4.78. The third-order valence-corrected chi connectivity index (χ3v) is 4.42. The zero-order valence-corrected chi connectivity index (χ0v) is 14.3. The van der Waals surface area contributed by atoms with Gasteiger partial charge in [0.05, 0.1) is 9.75 Å². The van der Waals surface area contributed by atoms with E-state index in [4.69, 9.17) is 9.47 Å². The summed E-state index contributed by atoms with van der Waals surface area (Å²) in [4.78, 5) is 21.3. The first kappa shape index (κ1) is 16.9. The van der Waals surface area contributed by atoms with Crippen molar-refractivity contribution < 1.29 is 9.47 Å². The van der Waals surface area contributed by atoms with Gasteiger partial charge in [0.1, 0.15) is 0 Å². The summed E-state index contributed by atoms with van der Waals surface area (Å²) >= 11 is 1.52. The molecule has 2 heterocycles. The Bertz CT molecular complexity index is 672. The molecule has 0 amide bonds. The number of ether oxygens (including phenoxy) is 2. The molecule has 0 fully saturated rings. The molecule has 0 aliphatic heterocycles. The maximum atomic E-state index is 12.1. The van der Waals surface area contributed by atoms with Gasteiger partial charge in [0.25, 0.3) is 5.56 Å². The maximum Gasteiger partial charge on any atom is 0.254 e. The number of H-pyrrole nitrogens is 1. The van der Waals surface area contributed by atoms with Gasteiger partial charge in [-0.25, -0.2) is 4.98 Å². The molecular formula is C16H22N2O3S. The summed E-state index contributed by atoms with van der Waals surface area (Å²) < 4.78 is 11.2. The van der Waals surface area contributed by atoms with Crippen molar-refractivity contribution >= 4 is 11.3 Å².